The van der Waals surface area contributed by atoms with Gasteiger partial charge in [0, 0.05) is 5.41 Å². The Morgan fingerprint density at radius 2 is 2.36 bits per heavy atom. The molecule has 1 aromatic heterocycles. The minimum Gasteiger partial charge on any atom is -0.467 e. The van der Waals surface area contributed by atoms with Gasteiger partial charge < -0.3 is 13.9 Å². The molecular weight excluding hydrogens is 180 g/mol. The summed E-state index contributed by atoms with van der Waals surface area (Å²) >= 11 is 0. The predicted molar refractivity (Wildman–Crippen MR) is 51.9 cm³/mol. The molecule has 0 aliphatic carbocycles. The first-order chi connectivity index (χ1) is 6.85. The van der Waals surface area contributed by atoms with Gasteiger partial charge in [-0.3, -0.25) is 0 Å². The molecule has 1 aromatic rings. The smallest absolute Gasteiger partial charge is 0.129 e. The van der Waals surface area contributed by atoms with Crippen LogP contribution in [0.3, 0.4) is 0 Å². The van der Waals surface area contributed by atoms with E-state index in [1.807, 2.05) is 12.1 Å². The average molecular weight is 196 g/mol. The lowest BCUT2D eigenvalue weighted by Gasteiger charge is -2.40. The third-order valence-electron chi connectivity index (χ3n) is 2.80. The summed E-state index contributed by atoms with van der Waals surface area (Å²) in [4.78, 5) is 0. The lowest BCUT2D eigenvalue weighted by molar-refractivity contribution is -0.153. The van der Waals surface area contributed by atoms with Gasteiger partial charge in [0.2, 0.25) is 0 Å². The molecule has 0 N–H and O–H groups in total. The third-order valence-corrected chi connectivity index (χ3v) is 2.80. The maximum atomic E-state index is 5.60. The van der Waals surface area contributed by atoms with Gasteiger partial charge in [-0.15, -0.1) is 0 Å². The second-order valence-corrected chi connectivity index (χ2v) is 3.92. The van der Waals surface area contributed by atoms with Crippen molar-refractivity contribution in [3.8, 4) is 0 Å². The zero-order valence-electron chi connectivity index (χ0n) is 8.49. The molecule has 1 fully saturated rings. The van der Waals surface area contributed by atoms with Crippen LogP contribution in [0.25, 0.3) is 0 Å². The number of hydrogen-bond donors (Lipinski definition) is 0. The van der Waals surface area contributed by atoms with Crippen molar-refractivity contribution in [1.82, 2.24) is 0 Å². The minimum atomic E-state index is 0.270. The van der Waals surface area contributed by atoms with Crippen LogP contribution >= 0.6 is 0 Å². The van der Waals surface area contributed by atoms with Crippen LogP contribution in [-0.2, 0) is 16.1 Å². The van der Waals surface area contributed by atoms with Gasteiger partial charge in [0.05, 0.1) is 26.1 Å². The molecule has 3 nitrogen and oxygen atoms in total. The van der Waals surface area contributed by atoms with Gasteiger partial charge in [-0.05, 0) is 18.6 Å². The van der Waals surface area contributed by atoms with Gasteiger partial charge in [-0.1, -0.05) is 6.92 Å². The predicted octanol–water partition coefficient (Wildman–Crippen LogP) is 2.22. The zero-order chi connectivity index (χ0) is 9.86. The number of furan rings is 1. The summed E-state index contributed by atoms with van der Waals surface area (Å²) < 4.78 is 16.0. The molecule has 2 rings (SSSR count). The first-order valence-corrected chi connectivity index (χ1v) is 5.02. The molecular formula is C11H16O3. The standard InChI is InChI=1S/C11H16O3/c1-2-11(8-13-9-11)7-12-6-10-4-3-5-14-10/h3-5H,2,6-9H2,1H3. The largest absolute Gasteiger partial charge is 0.467 e. The van der Waals surface area contributed by atoms with E-state index >= 15 is 0 Å². The van der Waals surface area contributed by atoms with Crippen molar-refractivity contribution in [2.24, 2.45) is 5.41 Å². The molecule has 2 heterocycles. The van der Waals surface area contributed by atoms with E-state index in [1.54, 1.807) is 6.26 Å². The van der Waals surface area contributed by atoms with E-state index in [-0.39, 0.29) is 5.41 Å². The van der Waals surface area contributed by atoms with Crippen LogP contribution in [0, 0.1) is 5.41 Å². The second-order valence-electron chi connectivity index (χ2n) is 3.92. The van der Waals surface area contributed by atoms with Crippen LogP contribution in [0.1, 0.15) is 19.1 Å². The van der Waals surface area contributed by atoms with Crippen molar-refractivity contribution >= 4 is 0 Å². The molecule has 78 valence electrons. The highest BCUT2D eigenvalue weighted by atomic mass is 16.5. The van der Waals surface area contributed by atoms with Crippen molar-refractivity contribution in [1.29, 1.82) is 0 Å². The van der Waals surface area contributed by atoms with Crippen molar-refractivity contribution in [3.05, 3.63) is 24.2 Å². The van der Waals surface area contributed by atoms with Crippen molar-refractivity contribution in [2.45, 2.75) is 20.0 Å². The van der Waals surface area contributed by atoms with Gasteiger partial charge in [0.1, 0.15) is 12.4 Å². The SMILES string of the molecule is CCC1(COCc2ccco2)COC1. The fourth-order valence-corrected chi connectivity index (χ4v) is 1.54. The van der Waals surface area contributed by atoms with Gasteiger partial charge in [0.15, 0.2) is 0 Å². The van der Waals surface area contributed by atoms with E-state index in [4.69, 9.17) is 13.9 Å². The van der Waals surface area contributed by atoms with Gasteiger partial charge in [-0.2, -0.15) is 0 Å². The topological polar surface area (TPSA) is 31.6 Å². The summed E-state index contributed by atoms with van der Waals surface area (Å²) in [5, 5.41) is 0. The summed E-state index contributed by atoms with van der Waals surface area (Å²) in [6, 6.07) is 3.80. The molecule has 1 saturated heterocycles. The Bertz CT molecular complexity index is 257. The third kappa shape index (κ3) is 1.99. The molecule has 0 bridgehead atoms. The van der Waals surface area contributed by atoms with E-state index in [9.17, 15) is 0 Å². The van der Waals surface area contributed by atoms with Crippen LogP contribution in [-0.4, -0.2) is 19.8 Å². The Balaban J connectivity index is 1.72. The molecule has 0 saturated carbocycles. The van der Waals surface area contributed by atoms with Crippen LogP contribution in [0.2, 0.25) is 0 Å². The van der Waals surface area contributed by atoms with Crippen molar-refractivity contribution in [2.75, 3.05) is 19.8 Å². The molecule has 1 aliphatic heterocycles. The monoisotopic (exact) mass is 196 g/mol. The highest BCUT2D eigenvalue weighted by Crippen LogP contribution is 2.31. The first-order valence-electron chi connectivity index (χ1n) is 5.02. The Hall–Kier alpha value is -0.800. The quantitative estimate of drug-likeness (QED) is 0.723. The average Bonchev–Trinajstić information content (AvgIpc) is 2.62. The van der Waals surface area contributed by atoms with E-state index in [2.05, 4.69) is 6.92 Å². The minimum absolute atomic E-state index is 0.270. The second kappa shape index (κ2) is 4.15. The maximum absolute atomic E-state index is 5.60. The number of hydrogen-bond acceptors (Lipinski definition) is 3. The molecule has 14 heavy (non-hydrogen) atoms. The Kier molecular flexibility index (Phi) is 2.89. The lowest BCUT2D eigenvalue weighted by atomic mass is 9.84. The summed E-state index contributed by atoms with van der Waals surface area (Å²) in [6.07, 6.45) is 2.78. The van der Waals surface area contributed by atoms with E-state index in [0.717, 1.165) is 32.0 Å². The highest BCUT2D eigenvalue weighted by molar-refractivity contribution is 4.96. The molecule has 0 amide bonds. The summed E-state index contributed by atoms with van der Waals surface area (Å²) in [5.74, 6) is 0.886. The molecule has 0 atom stereocenters. The van der Waals surface area contributed by atoms with Crippen LogP contribution < -0.4 is 0 Å². The molecule has 1 aliphatic rings. The van der Waals surface area contributed by atoms with Crippen molar-refractivity contribution in [3.63, 3.8) is 0 Å². The normalized spacial score (nSPS) is 19.2. The summed E-state index contributed by atoms with van der Waals surface area (Å²) in [7, 11) is 0. The summed E-state index contributed by atoms with van der Waals surface area (Å²) in [5.41, 5.74) is 0.270. The van der Waals surface area contributed by atoms with Crippen molar-refractivity contribution < 1.29 is 13.9 Å². The van der Waals surface area contributed by atoms with Crippen LogP contribution in [0.5, 0.6) is 0 Å². The summed E-state index contributed by atoms with van der Waals surface area (Å²) in [6.45, 7) is 5.18. The van der Waals surface area contributed by atoms with Crippen LogP contribution in [0.4, 0.5) is 0 Å². The molecule has 0 aromatic carbocycles. The Morgan fingerprint density at radius 1 is 1.50 bits per heavy atom. The number of rotatable bonds is 5. The highest BCUT2D eigenvalue weighted by Gasteiger charge is 2.36. The fraction of sp³-hybridized carbons (Fsp3) is 0.636. The van der Waals surface area contributed by atoms with Gasteiger partial charge in [0.25, 0.3) is 0 Å². The Morgan fingerprint density at radius 3 is 2.86 bits per heavy atom. The lowest BCUT2D eigenvalue weighted by Crippen LogP contribution is -2.45. The van der Waals surface area contributed by atoms with Gasteiger partial charge >= 0.3 is 0 Å². The first kappa shape index (κ1) is 9.74. The number of ether oxygens (including phenoxy) is 2. The van der Waals surface area contributed by atoms with E-state index in [1.165, 1.54) is 0 Å². The molecule has 3 heteroatoms. The fourth-order valence-electron chi connectivity index (χ4n) is 1.54. The maximum Gasteiger partial charge on any atom is 0.129 e. The van der Waals surface area contributed by atoms with E-state index < -0.39 is 0 Å². The molecule has 0 unspecified atom stereocenters. The van der Waals surface area contributed by atoms with Crippen LogP contribution in [0.15, 0.2) is 22.8 Å². The molecule has 0 spiro atoms. The molecule has 0 radical (unpaired) electrons. The Labute approximate surface area is 84.0 Å². The van der Waals surface area contributed by atoms with E-state index in [0.29, 0.717) is 6.61 Å². The zero-order valence-corrected chi connectivity index (χ0v) is 8.49. The van der Waals surface area contributed by atoms with Gasteiger partial charge in [-0.25, -0.2) is 0 Å².